The van der Waals surface area contributed by atoms with Crippen LogP contribution in [0.5, 0.6) is 0 Å². The van der Waals surface area contributed by atoms with Crippen LogP contribution in [-0.4, -0.2) is 0 Å². The van der Waals surface area contributed by atoms with E-state index in [-0.39, 0.29) is 0 Å². The van der Waals surface area contributed by atoms with Crippen molar-refractivity contribution in [3.63, 3.8) is 0 Å². The molecule has 0 bridgehead atoms. The van der Waals surface area contributed by atoms with Gasteiger partial charge in [0.2, 0.25) is 0 Å². The van der Waals surface area contributed by atoms with Crippen LogP contribution in [0.3, 0.4) is 0 Å². The standard InChI is InChI=1S/Mn.Mo.5O. The predicted molar refractivity (Wildman–Crippen MR) is 3.43 cm³/mol. The molecule has 7 heteroatoms. The molecule has 0 fully saturated rings. The van der Waals surface area contributed by atoms with Gasteiger partial charge in [-0.25, -0.2) is 0 Å². The van der Waals surface area contributed by atoms with Gasteiger partial charge in [-0.15, -0.1) is 0 Å². The number of hydrogen-bond acceptors (Lipinski definition) is 5. The second-order valence-electron chi connectivity index (χ2n) is 0.267. The first kappa shape index (κ1) is 10.2. The second kappa shape index (κ2) is 9.51. The normalized spacial score (nSPS) is 5.14. The third kappa shape index (κ3) is 2550. The average Bonchev–Trinajstić information content (AvgIpc) is 1.33. The first-order chi connectivity index (χ1) is 3.15. The molecule has 0 radical (unpaired) electrons. The maximum atomic E-state index is 8.59. The summed E-state index contributed by atoms with van der Waals surface area (Å²) in [6.07, 6.45) is 0. The SMILES string of the molecule is [O]=[Mn]=[O].[O]=[Mo](=[O])=[O]. The molecule has 43 valence electrons. The van der Waals surface area contributed by atoms with E-state index in [1.165, 1.54) is 0 Å². The summed E-state index contributed by atoms with van der Waals surface area (Å²) < 4.78 is 42.6. The summed E-state index contributed by atoms with van der Waals surface area (Å²) >= 11 is -5.54. The van der Waals surface area contributed by atoms with Crippen molar-refractivity contribution >= 4 is 0 Å². The van der Waals surface area contributed by atoms with Gasteiger partial charge in [-0.05, 0) is 0 Å². The van der Waals surface area contributed by atoms with Crippen molar-refractivity contribution in [1.82, 2.24) is 0 Å². The zero-order chi connectivity index (χ0) is 6.28. The van der Waals surface area contributed by atoms with Crippen LogP contribution >= 0.6 is 0 Å². The Morgan fingerprint density at radius 3 is 1.00 bits per heavy atom. The topological polar surface area (TPSA) is 85.3 Å². The Morgan fingerprint density at radius 2 is 1.00 bits per heavy atom. The molecule has 5 nitrogen and oxygen atoms in total. The summed E-state index contributed by atoms with van der Waals surface area (Å²) in [4.78, 5) is 0. The molecule has 0 aliphatic carbocycles. The monoisotopic (exact) mass is 233 g/mol. The quantitative estimate of drug-likeness (QED) is 0.519. The molecule has 0 N–H and O–H groups in total. The van der Waals surface area contributed by atoms with Crippen molar-refractivity contribution in [2.75, 3.05) is 0 Å². The molecule has 0 aliphatic heterocycles. The van der Waals surface area contributed by atoms with Gasteiger partial charge in [0.1, 0.15) is 0 Å². The van der Waals surface area contributed by atoms with E-state index in [4.69, 9.17) is 17.9 Å². The van der Waals surface area contributed by atoms with Crippen molar-refractivity contribution < 1.29 is 49.9 Å². The zero-order valence-electron chi connectivity index (χ0n) is 2.83. The fourth-order valence-corrected chi connectivity index (χ4v) is 0. The summed E-state index contributed by atoms with van der Waals surface area (Å²) in [6.45, 7) is 0. The van der Waals surface area contributed by atoms with E-state index in [0.717, 1.165) is 0 Å². The van der Waals surface area contributed by atoms with E-state index in [0.29, 0.717) is 0 Å². The fourth-order valence-electron chi connectivity index (χ4n) is 0. The van der Waals surface area contributed by atoms with Crippen LogP contribution in [0.2, 0.25) is 0 Å². The molecule has 0 heterocycles. The second-order valence-corrected chi connectivity index (χ2v) is 1.47. The van der Waals surface area contributed by atoms with E-state index in [9.17, 15) is 0 Å². The molecule has 0 saturated heterocycles. The van der Waals surface area contributed by atoms with E-state index in [2.05, 4.69) is 0 Å². The molecule has 0 aliphatic rings. The van der Waals surface area contributed by atoms with Crippen LogP contribution in [0.15, 0.2) is 0 Å². The molecule has 0 aromatic carbocycles. The van der Waals surface area contributed by atoms with Crippen LogP contribution in [0.4, 0.5) is 0 Å². The van der Waals surface area contributed by atoms with Gasteiger partial charge in [-0.1, -0.05) is 0 Å². The number of hydrogen-bond donors (Lipinski definition) is 0. The third-order valence-corrected chi connectivity index (χ3v) is 0. The molecule has 0 unspecified atom stereocenters. The summed E-state index contributed by atoms with van der Waals surface area (Å²) in [5.41, 5.74) is 0. The van der Waals surface area contributed by atoms with Gasteiger partial charge in [-0.3, -0.25) is 0 Å². The Bertz CT molecular complexity index is 135. The van der Waals surface area contributed by atoms with Crippen LogP contribution < -0.4 is 0 Å². The Balaban J connectivity index is 0. The first-order valence-electron chi connectivity index (χ1n) is 0.809. The molecule has 0 rings (SSSR count). The summed E-state index contributed by atoms with van der Waals surface area (Å²) in [7, 11) is 0. The van der Waals surface area contributed by atoms with Crippen molar-refractivity contribution in [3.05, 3.63) is 0 Å². The Morgan fingerprint density at radius 1 is 1.00 bits per heavy atom. The van der Waals surface area contributed by atoms with Crippen molar-refractivity contribution in [1.29, 1.82) is 0 Å². The van der Waals surface area contributed by atoms with Gasteiger partial charge >= 0.3 is 49.9 Å². The Hall–Kier alpha value is 0.208. The predicted octanol–water partition coefficient (Wildman–Crippen LogP) is -0.599. The van der Waals surface area contributed by atoms with E-state index in [1.54, 1.807) is 0 Å². The van der Waals surface area contributed by atoms with E-state index >= 15 is 0 Å². The summed E-state index contributed by atoms with van der Waals surface area (Å²) in [5.74, 6) is 0. The van der Waals surface area contributed by atoms with Crippen LogP contribution in [0.1, 0.15) is 0 Å². The van der Waals surface area contributed by atoms with Crippen LogP contribution in [0.25, 0.3) is 0 Å². The summed E-state index contributed by atoms with van der Waals surface area (Å²) in [5, 5.41) is 0. The maximum absolute atomic E-state index is 8.59. The molecule has 0 atom stereocenters. The van der Waals surface area contributed by atoms with Crippen molar-refractivity contribution in [2.24, 2.45) is 0 Å². The molecule has 0 amide bonds. The molecule has 0 saturated carbocycles. The van der Waals surface area contributed by atoms with Gasteiger partial charge in [0.25, 0.3) is 0 Å². The van der Waals surface area contributed by atoms with Crippen LogP contribution in [-0.2, 0) is 49.9 Å². The number of rotatable bonds is 0. The van der Waals surface area contributed by atoms with Gasteiger partial charge in [0.15, 0.2) is 0 Å². The molecule has 7 heavy (non-hydrogen) atoms. The molecular formula is MnMoO5. The van der Waals surface area contributed by atoms with Gasteiger partial charge < -0.3 is 0 Å². The van der Waals surface area contributed by atoms with Gasteiger partial charge in [0, 0.05) is 0 Å². The molecule has 0 aromatic heterocycles. The van der Waals surface area contributed by atoms with Gasteiger partial charge in [-0.2, -0.15) is 0 Å². The first-order valence-corrected chi connectivity index (χ1v) is 4.23. The average molecular weight is 231 g/mol. The van der Waals surface area contributed by atoms with E-state index < -0.39 is 32.0 Å². The summed E-state index contributed by atoms with van der Waals surface area (Å²) in [6, 6.07) is 0. The minimum atomic E-state index is -4.11. The molecular weight excluding hydrogens is 231 g/mol. The molecule has 0 aromatic rings. The van der Waals surface area contributed by atoms with Crippen molar-refractivity contribution in [2.45, 2.75) is 0 Å². The Kier molecular flexibility index (Phi) is 13.9. The Labute approximate surface area is 50.1 Å². The fraction of sp³-hybridized carbons (Fsp3) is 0. The van der Waals surface area contributed by atoms with Crippen molar-refractivity contribution in [3.8, 4) is 0 Å². The zero-order valence-corrected chi connectivity index (χ0v) is 6.01. The van der Waals surface area contributed by atoms with Gasteiger partial charge in [0.05, 0.1) is 0 Å². The molecule has 0 spiro atoms. The third-order valence-electron chi connectivity index (χ3n) is 0. The van der Waals surface area contributed by atoms with Crippen LogP contribution in [0, 0.1) is 0 Å². The minimum absolute atomic E-state index is 1.44. The van der Waals surface area contributed by atoms with E-state index in [1.807, 2.05) is 0 Å².